The summed E-state index contributed by atoms with van der Waals surface area (Å²) in [5.74, 6) is -0.461. The van der Waals surface area contributed by atoms with Gasteiger partial charge in [-0.15, -0.1) is 0 Å². The van der Waals surface area contributed by atoms with Crippen LogP contribution in [0, 0.1) is 12.7 Å². The van der Waals surface area contributed by atoms with Gasteiger partial charge in [0, 0.05) is 17.7 Å². The van der Waals surface area contributed by atoms with E-state index in [-0.39, 0.29) is 18.4 Å². The molecule has 31 heavy (non-hydrogen) atoms. The van der Waals surface area contributed by atoms with Crippen molar-refractivity contribution in [3.05, 3.63) is 53.6 Å². The molecule has 0 saturated carbocycles. The van der Waals surface area contributed by atoms with Crippen LogP contribution in [0.4, 0.5) is 19.1 Å². The van der Waals surface area contributed by atoms with Crippen molar-refractivity contribution in [2.45, 2.75) is 39.2 Å². The van der Waals surface area contributed by atoms with Gasteiger partial charge in [-0.2, -0.15) is 4.98 Å². The molecule has 9 heteroatoms. The molecule has 1 aromatic carbocycles. The van der Waals surface area contributed by atoms with Crippen LogP contribution in [0.5, 0.6) is 5.88 Å². The summed E-state index contributed by atoms with van der Waals surface area (Å²) < 4.78 is 46.1. The van der Waals surface area contributed by atoms with E-state index in [9.17, 15) is 18.3 Å². The predicted molar refractivity (Wildman–Crippen MR) is 111 cm³/mol. The van der Waals surface area contributed by atoms with Crippen LogP contribution in [0.1, 0.15) is 38.1 Å². The minimum atomic E-state index is -2.78. The second kappa shape index (κ2) is 8.89. The average molecular weight is 432 g/mol. The van der Waals surface area contributed by atoms with Crippen molar-refractivity contribution < 1.29 is 23.0 Å². The van der Waals surface area contributed by atoms with Crippen molar-refractivity contribution in [2.75, 3.05) is 12.3 Å². The van der Waals surface area contributed by atoms with Gasteiger partial charge < -0.3 is 15.6 Å². The maximum atomic E-state index is 13.5. The van der Waals surface area contributed by atoms with Crippen LogP contribution in [-0.4, -0.2) is 32.3 Å². The van der Waals surface area contributed by atoms with Gasteiger partial charge in [0.2, 0.25) is 11.8 Å². The molecule has 0 fully saturated rings. The Hall–Kier alpha value is -3.20. The lowest BCUT2D eigenvalue weighted by atomic mass is 9.99. The molecule has 0 aliphatic rings. The second-order valence-electron chi connectivity index (χ2n) is 7.75. The normalized spacial score (nSPS) is 11.7. The van der Waals surface area contributed by atoms with E-state index < -0.39 is 23.5 Å². The number of nitrogen functional groups attached to an aromatic ring is 1. The van der Waals surface area contributed by atoms with E-state index in [1.807, 2.05) is 0 Å². The molecule has 0 bridgehead atoms. The lowest BCUT2D eigenvalue weighted by molar-refractivity contribution is 0.0548. The molecule has 0 unspecified atom stereocenters. The van der Waals surface area contributed by atoms with Gasteiger partial charge in [0.25, 0.3) is 6.43 Å². The number of benzene rings is 1. The molecule has 0 aliphatic carbocycles. The van der Waals surface area contributed by atoms with Crippen LogP contribution >= 0.6 is 0 Å². The predicted octanol–water partition coefficient (Wildman–Crippen LogP) is 4.71. The van der Waals surface area contributed by atoms with Crippen LogP contribution in [0.25, 0.3) is 22.4 Å². The number of aliphatic hydroxyl groups is 1. The SMILES string of the molecule is Cc1cc(-c2c(OCCC(C)(C)O)nc(N)nc2-c2ccc(F)cc2)cc(C(F)F)n1. The third-order valence-corrected chi connectivity index (χ3v) is 4.45. The van der Waals surface area contributed by atoms with Crippen molar-refractivity contribution in [2.24, 2.45) is 0 Å². The van der Waals surface area contributed by atoms with Gasteiger partial charge in [0.05, 0.1) is 23.5 Å². The van der Waals surface area contributed by atoms with Gasteiger partial charge >= 0.3 is 0 Å². The molecule has 0 radical (unpaired) electrons. The van der Waals surface area contributed by atoms with Gasteiger partial charge in [-0.3, -0.25) is 4.98 Å². The van der Waals surface area contributed by atoms with Crippen molar-refractivity contribution in [3.8, 4) is 28.3 Å². The number of anilines is 1. The molecule has 164 valence electrons. The maximum absolute atomic E-state index is 13.5. The van der Waals surface area contributed by atoms with Gasteiger partial charge in [-0.05, 0) is 62.7 Å². The molecule has 3 rings (SSSR count). The summed E-state index contributed by atoms with van der Waals surface area (Å²) in [6.07, 6.45) is -2.48. The number of alkyl halides is 2. The summed E-state index contributed by atoms with van der Waals surface area (Å²) >= 11 is 0. The molecular formula is C22H23F3N4O2. The molecule has 0 spiro atoms. The number of pyridine rings is 1. The van der Waals surface area contributed by atoms with Crippen molar-refractivity contribution in [1.82, 2.24) is 15.0 Å². The fraction of sp³-hybridized carbons (Fsp3) is 0.318. The number of ether oxygens (including phenoxy) is 1. The summed E-state index contributed by atoms with van der Waals surface area (Å²) in [6.45, 7) is 4.97. The number of nitrogens with two attached hydrogens (primary N) is 1. The molecule has 2 aromatic heterocycles. The molecule has 0 amide bonds. The fourth-order valence-corrected chi connectivity index (χ4v) is 2.99. The number of rotatable bonds is 7. The molecule has 6 nitrogen and oxygen atoms in total. The fourth-order valence-electron chi connectivity index (χ4n) is 2.99. The highest BCUT2D eigenvalue weighted by Gasteiger charge is 2.22. The number of aromatic nitrogens is 3. The quantitative estimate of drug-likeness (QED) is 0.561. The third-order valence-electron chi connectivity index (χ3n) is 4.45. The van der Waals surface area contributed by atoms with Gasteiger partial charge in [0.15, 0.2) is 0 Å². The minimum absolute atomic E-state index is 0.0712. The van der Waals surface area contributed by atoms with Crippen LogP contribution in [0.2, 0.25) is 0 Å². The van der Waals surface area contributed by atoms with Crippen LogP contribution < -0.4 is 10.5 Å². The lowest BCUT2D eigenvalue weighted by Crippen LogP contribution is -2.22. The number of halogens is 3. The molecule has 2 heterocycles. The first kappa shape index (κ1) is 22.5. The maximum Gasteiger partial charge on any atom is 0.280 e. The van der Waals surface area contributed by atoms with E-state index in [0.29, 0.717) is 34.5 Å². The zero-order valence-corrected chi connectivity index (χ0v) is 17.4. The molecule has 0 atom stereocenters. The third kappa shape index (κ3) is 5.69. The summed E-state index contributed by atoms with van der Waals surface area (Å²) in [4.78, 5) is 12.3. The highest BCUT2D eigenvalue weighted by atomic mass is 19.3. The van der Waals surface area contributed by atoms with E-state index >= 15 is 0 Å². The Morgan fingerprint density at radius 2 is 1.74 bits per heavy atom. The summed E-state index contributed by atoms with van der Waals surface area (Å²) in [6, 6.07) is 8.37. The van der Waals surface area contributed by atoms with Crippen LogP contribution in [0.3, 0.4) is 0 Å². The van der Waals surface area contributed by atoms with Gasteiger partial charge in [-0.25, -0.2) is 18.2 Å². The summed E-state index contributed by atoms with van der Waals surface area (Å²) in [5, 5.41) is 9.96. The summed E-state index contributed by atoms with van der Waals surface area (Å²) in [7, 11) is 0. The summed E-state index contributed by atoms with van der Waals surface area (Å²) in [5.41, 5.74) is 6.36. The zero-order valence-electron chi connectivity index (χ0n) is 17.4. The van der Waals surface area contributed by atoms with E-state index in [1.165, 1.54) is 30.3 Å². The Morgan fingerprint density at radius 3 is 2.35 bits per heavy atom. The highest BCUT2D eigenvalue weighted by molar-refractivity contribution is 5.85. The van der Waals surface area contributed by atoms with E-state index in [0.717, 1.165) is 0 Å². The zero-order chi connectivity index (χ0) is 22.8. The average Bonchev–Trinajstić information content (AvgIpc) is 2.66. The number of nitrogens with zero attached hydrogens (tertiary/aromatic N) is 3. The largest absolute Gasteiger partial charge is 0.477 e. The first-order chi connectivity index (χ1) is 14.5. The Bertz CT molecular complexity index is 1070. The van der Waals surface area contributed by atoms with Crippen LogP contribution in [-0.2, 0) is 0 Å². The molecule has 3 aromatic rings. The molecule has 3 N–H and O–H groups in total. The van der Waals surface area contributed by atoms with Gasteiger partial charge in [-0.1, -0.05) is 0 Å². The number of hydrogen-bond donors (Lipinski definition) is 2. The second-order valence-corrected chi connectivity index (χ2v) is 7.75. The Morgan fingerprint density at radius 1 is 1.06 bits per heavy atom. The minimum Gasteiger partial charge on any atom is -0.477 e. The monoisotopic (exact) mass is 432 g/mol. The van der Waals surface area contributed by atoms with E-state index in [4.69, 9.17) is 10.5 Å². The number of hydrogen-bond acceptors (Lipinski definition) is 6. The van der Waals surface area contributed by atoms with Gasteiger partial charge in [0.1, 0.15) is 11.5 Å². The van der Waals surface area contributed by atoms with E-state index in [1.54, 1.807) is 26.8 Å². The number of aryl methyl sites for hydroxylation is 1. The molecular weight excluding hydrogens is 409 g/mol. The Balaban J connectivity index is 2.20. The Labute approximate surface area is 178 Å². The van der Waals surface area contributed by atoms with Crippen molar-refractivity contribution in [3.63, 3.8) is 0 Å². The first-order valence-corrected chi connectivity index (χ1v) is 9.59. The highest BCUT2D eigenvalue weighted by Crippen LogP contribution is 2.39. The Kier molecular flexibility index (Phi) is 6.45. The molecule has 0 aliphatic heterocycles. The topological polar surface area (TPSA) is 94.2 Å². The lowest BCUT2D eigenvalue weighted by Gasteiger charge is -2.19. The van der Waals surface area contributed by atoms with Crippen molar-refractivity contribution in [1.29, 1.82) is 0 Å². The van der Waals surface area contributed by atoms with E-state index in [2.05, 4.69) is 15.0 Å². The molecule has 0 saturated heterocycles. The van der Waals surface area contributed by atoms with Crippen LogP contribution in [0.15, 0.2) is 36.4 Å². The van der Waals surface area contributed by atoms with Crippen molar-refractivity contribution >= 4 is 5.95 Å². The standard InChI is InChI=1S/C22H23F3N4O2/c1-12-10-14(11-16(27-12)19(24)25)17-18(13-4-6-15(23)7-5-13)28-21(26)29-20(17)31-9-8-22(2,3)30/h4-7,10-11,19,30H,8-9H2,1-3H3,(H2,26,28,29). The smallest absolute Gasteiger partial charge is 0.280 e. The first-order valence-electron chi connectivity index (χ1n) is 9.59.